The highest BCUT2D eigenvalue weighted by Gasteiger charge is 2.21. The number of fused-ring (bicyclic) bond motifs is 2. The van der Waals surface area contributed by atoms with Crippen molar-refractivity contribution in [2.75, 3.05) is 0 Å². The first-order chi connectivity index (χ1) is 11.7. The van der Waals surface area contributed by atoms with Gasteiger partial charge in [0.15, 0.2) is 5.43 Å². The molecule has 0 N–H and O–H groups in total. The van der Waals surface area contributed by atoms with E-state index in [1.807, 2.05) is 24.3 Å². The van der Waals surface area contributed by atoms with Crippen molar-refractivity contribution in [2.24, 2.45) is 5.92 Å². The van der Waals surface area contributed by atoms with Crippen molar-refractivity contribution in [1.82, 2.24) is 0 Å². The monoisotopic (exact) mass is 338 g/mol. The van der Waals surface area contributed by atoms with E-state index in [2.05, 4.69) is 6.92 Å². The smallest absolute Gasteiger partial charge is 0.191 e. The average molecular weight is 338 g/mol. The van der Waals surface area contributed by atoms with E-state index >= 15 is 0 Å². The van der Waals surface area contributed by atoms with E-state index in [1.165, 1.54) is 23.4 Å². The van der Waals surface area contributed by atoms with Gasteiger partial charge in [0.25, 0.3) is 0 Å². The van der Waals surface area contributed by atoms with Crippen LogP contribution in [0.3, 0.4) is 0 Å². The van der Waals surface area contributed by atoms with Crippen molar-refractivity contribution < 1.29 is 4.39 Å². The number of halogens is 1. The molecule has 0 fully saturated rings. The maximum absolute atomic E-state index is 13.5. The van der Waals surface area contributed by atoms with E-state index < -0.39 is 0 Å². The zero-order valence-corrected chi connectivity index (χ0v) is 14.5. The molecule has 0 amide bonds. The summed E-state index contributed by atoms with van der Waals surface area (Å²) in [5, 5.41) is 0.800. The Morgan fingerprint density at radius 1 is 1.17 bits per heavy atom. The van der Waals surface area contributed by atoms with Gasteiger partial charge >= 0.3 is 0 Å². The van der Waals surface area contributed by atoms with Gasteiger partial charge in [0.1, 0.15) is 5.82 Å². The largest absolute Gasteiger partial charge is 0.289 e. The maximum Gasteiger partial charge on any atom is 0.191 e. The van der Waals surface area contributed by atoms with Crippen molar-refractivity contribution in [3.05, 3.63) is 68.9 Å². The molecular weight excluding hydrogens is 319 g/mol. The quantitative estimate of drug-likeness (QED) is 0.596. The van der Waals surface area contributed by atoms with Crippen molar-refractivity contribution in [3.63, 3.8) is 0 Å². The first-order valence-corrected chi connectivity index (χ1v) is 9.32. The lowest BCUT2D eigenvalue weighted by Gasteiger charge is -2.22. The van der Waals surface area contributed by atoms with E-state index in [1.54, 1.807) is 17.4 Å². The Labute approximate surface area is 144 Å². The average Bonchev–Trinajstić information content (AvgIpc) is 2.61. The molecule has 1 atom stereocenters. The molecule has 24 heavy (non-hydrogen) atoms. The van der Waals surface area contributed by atoms with Crippen molar-refractivity contribution in [2.45, 2.75) is 32.6 Å². The molecule has 1 aliphatic carbocycles. The Hall–Kier alpha value is -2.00. The summed E-state index contributed by atoms with van der Waals surface area (Å²) in [5.74, 6) is 0.453. The Bertz CT molecular complexity index is 973. The topological polar surface area (TPSA) is 17.1 Å². The third-order valence-corrected chi connectivity index (χ3v) is 6.30. The Morgan fingerprint density at radius 2 is 2.00 bits per heavy atom. The predicted molar refractivity (Wildman–Crippen MR) is 99.3 cm³/mol. The fraction of sp³-hybridized carbons (Fsp3) is 0.286. The van der Waals surface area contributed by atoms with E-state index in [-0.39, 0.29) is 11.2 Å². The van der Waals surface area contributed by atoms with Crippen LogP contribution in [0.1, 0.15) is 30.2 Å². The van der Waals surface area contributed by atoms with Crippen LogP contribution in [0.25, 0.3) is 21.2 Å². The summed E-state index contributed by atoms with van der Waals surface area (Å²) in [7, 11) is 0. The van der Waals surface area contributed by atoms with Gasteiger partial charge in [0, 0.05) is 20.5 Å². The van der Waals surface area contributed by atoms with Crippen LogP contribution >= 0.6 is 11.3 Å². The molecule has 4 rings (SSSR count). The molecule has 1 unspecified atom stereocenters. The molecule has 0 radical (unpaired) electrons. The minimum atomic E-state index is -0.239. The molecule has 0 saturated carbocycles. The summed E-state index contributed by atoms with van der Waals surface area (Å²) in [4.78, 5) is 14.1. The highest BCUT2D eigenvalue weighted by Crippen LogP contribution is 2.33. The van der Waals surface area contributed by atoms with Gasteiger partial charge in [-0.3, -0.25) is 4.79 Å². The molecular formula is C21H19FOS. The van der Waals surface area contributed by atoms with Gasteiger partial charge in [-0.25, -0.2) is 4.39 Å². The molecule has 1 nitrogen and oxygen atoms in total. The van der Waals surface area contributed by atoms with Gasteiger partial charge in [-0.1, -0.05) is 31.5 Å². The molecule has 1 aliphatic rings. The summed E-state index contributed by atoms with van der Waals surface area (Å²) in [6.07, 6.45) is 4.22. The summed E-state index contributed by atoms with van der Waals surface area (Å²) in [6, 6.07) is 12.5. The summed E-state index contributed by atoms with van der Waals surface area (Å²) in [6.45, 7) is 2.22. The molecule has 3 aromatic rings. The molecule has 122 valence electrons. The zero-order valence-electron chi connectivity index (χ0n) is 13.6. The summed E-state index contributed by atoms with van der Waals surface area (Å²) < 4.78 is 14.5. The maximum atomic E-state index is 13.5. The van der Waals surface area contributed by atoms with Crippen LogP contribution < -0.4 is 5.43 Å². The fourth-order valence-electron chi connectivity index (χ4n) is 3.60. The Kier molecular flexibility index (Phi) is 3.97. The van der Waals surface area contributed by atoms with Crippen LogP contribution in [0.2, 0.25) is 0 Å². The first kappa shape index (κ1) is 15.5. The molecule has 0 saturated heterocycles. The van der Waals surface area contributed by atoms with Crippen LogP contribution in [0, 0.1) is 11.7 Å². The normalized spacial score (nSPS) is 17.0. The van der Waals surface area contributed by atoms with Gasteiger partial charge < -0.3 is 0 Å². The predicted octanol–water partition coefficient (Wildman–Crippen LogP) is 5.58. The second-order valence-corrected chi connectivity index (χ2v) is 7.71. The molecule has 2 aromatic carbocycles. The van der Waals surface area contributed by atoms with E-state index in [0.29, 0.717) is 5.92 Å². The Balaban J connectivity index is 1.87. The van der Waals surface area contributed by atoms with Crippen molar-refractivity contribution in [1.29, 1.82) is 0 Å². The number of hydrogen-bond donors (Lipinski definition) is 0. The SMILES string of the molecule is CCC1CCc2c(sc3cc(-c4cccc(F)c4)ccc3c2=O)C1. The number of rotatable bonds is 2. The molecule has 0 spiro atoms. The Morgan fingerprint density at radius 3 is 2.79 bits per heavy atom. The standard InChI is InChI=1S/C21H19FOS/c1-2-13-6-8-17-19(10-13)24-20-12-15(7-9-18(20)21(17)23)14-4-3-5-16(22)11-14/h3-5,7,9,11-13H,2,6,8,10H2,1H3. The fourth-order valence-corrected chi connectivity index (χ4v) is 4.96. The molecule has 0 aliphatic heterocycles. The second kappa shape index (κ2) is 6.14. The van der Waals surface area contributed by atoms with Crippen LogP contribution in [-0.2, 0) is 12.8 Å². The van der Waals surface area contributed by atoms with Crippen LogP contribution in [0.5, 0.6) is 0 Å². The van der Waals surface area contributed by atoms with Gasteiger partial charge in [0.05, 0.1) is 0 Å². The molecule has 1 heterocycles. The van der Waals surface area contributed by atoms with E-state index in [4.69, 9.17) is 0 Å². The van der Waals surface area contributed by atoms with Crippen LogP contribution in [0.4, 0.5) is 4.39 Å². The minimum Gasteiger partial charge on any atom is -0.289 e. The van der Waals surface area contributed by atoms with Crippen molar-refractivity contribution in [3.8, 4) is 11.1 Å². The highest BCUT2D eigenvalue weighted by atomic mass is 32.1. The summed E-state index contributed by atoms with van der Waals surface area (Å²) >= 11 is 1.74. The molecule has 0 bridgehead atoms. The lowest BCUT2D eigenvalue weighted by atomic mass is 9.86. The van der Waals surface area contributed by atoms with Crippen LogP contribution in [-0.4, -0.2) is 0 Å². The van der Waals surface area contributed by atoms with Gasteiger partial charge in [-0.05, 0) is 60.6 Å². The number of hydrogen-bond acceptors (Lipinski definition) is 2. The number of benzene rings is 2. The highest BCUT2D eigenvalue weighted by molar-refractivity contribution is 7.18. The van der Waals surface area contributed by atoms with Crippen molar-refractivity contribution >= 4 is 21.4 Å². The third-order valence-electron chi connectivity index (χ3n) is 5.08. The van der Waals surface area contributed by atoms with E-state index in [9.17, 15) is 9.18 Å². The second-order valence-electron chi connectivity index (χ2n) is 6.57. The van der Waals surface area contributed by atoms with Gasteiger partial charge in [0.2, 0.25) is 0 Å². The van der Waals surface area contributed by atoms with Crippen LogP contribution in [0.15, 0.2) is 47.3 Å². The minimum absolute atomic E-state index is 0.194. The van der Waals surface area contributed by atoms with Gasteiger partial charge in [-0.2, -0.15) is 0 Å². The lowest BCUT2D eigenvalue weighted by Crippen LogP contribution is -2.20. The first-order valence-electron chi connectivity index (χ1n) is 8.50. The van der Waals surface area contributed by atoms with Gasteiger partial charge in [-0.15, -0.1) is 11.3 Å². The lowest BCUT2D eigenvalue weighted by molar-refractivity contribution is 0.448. The third kappa shape index (κ3) is 2.67. The molecule has 1 aromatic heterocycles. The van der Waals surface area contributed by atoms with E-state index in [0.717, 1.165) is 46.0 Å². The summed E-state index contributed by atoms with van der Waals surface area (Å²) in [5.41, 5.74) is 3.02. The zero-order chi connectivity index (χ0) is 16.7. The molecule has 3 heteroatoms.